The minimum Gasteiger partial charge on any atom is -0.456 e. The third kappa shape index (κ3) is 5.37. The second kappa shape index (κ2) is 14.1. The molecule has 288 valence electrons. The zero-order valence-electron chi connectivity index (χ0n) is 33.3. The summed E-state index contributed by atoms with van der Waals surface area (Å²) in [6.07, 6.45) is 0. The molecule has 0 bridgehead atoms. The Balaban J connectivity index is 1.07. The summed E-state index contributed by atoms with van der Waals surface area (Å²) in [5, 5.41) is 12.0. The normalized spacial score (nSPS) is 14.3. The van der Waals surface area contributed by atoms with Crippen LogP contribution < -0.4 is 4.74 Å². The number of hydrogen-bond donors (Lipinski definition) is 0. The average molecular weight is 791 g/mol. The molecule has 1 aromatic heterocycles. The van der Waals surface area contributed by atoms with E-state index in [1.807, 2.05) is 84.9 Å². The van der Waals surface area contributed by atoms with Crippen molar-refractivity contribution in [2.24, 2.45) is 0 Å². The Bertz CT molecular complexity index is 3370. The van der Waals surface area contributed by atoms with Gasteiger partial charge in [-0.25, -0.2) is 15.0 Å². The standard InChI is InChI=1S/C57H34N4O/c58-35-36-26-28-37(29-27-36)42-21-13-24-49-53(42)62-51-25-12-11-23-48(51)57(49)47-22-10-9-20-45(47)52-44-19-8-7-18-43(44)46(34-50(52)57)38-30-32-41(33-31-38)56-60-54(39-14-3-1-4-15-39)59-55(61-56)40-16-5-2-6-17-40/h1-34H. The van der Waals surface area contributed by atoms with Gasteiger partial charge in [0.25, 0.3) is 0 Å². The molecule has 1 aliphatic carbocycles. The topological polar surface area (TPSA) is 71.7 Å². The highest BCUT2D eigenvalue weighted by Crippen LogP contribution is 2.64. The molecule has 5 nitrogen and oxygen atoms in total. The van der Waals surface area contributed by atoms with E-state index in [0.29, 0.717) is 23.0 Å². The second-order valence-corrected chi connectivity index (χ2v) is 15.8. The van der Waals surface area contributed by atoms with Gasteiger partial charge in [0.2, 0.25) is 0 Å². The minimum atomic E-state index is -0.690. The number of nitriles is 1. The molecule has 62 heavy (non-hydrogen) atoms. The van der Waals surface area contributed by atoms with E-state index in [1.165, 1.54) is 33.0 Å². The Hall–Kier alpha value is -8.46. The van der Waals surface area contributed by atoms with Crippen LogP contribution in [-0.2, 0) is 5.41 Å². The van der Waals surface area contributed by atoms with Gasteiger partial charge in [-0.15, -0.1) is 0 Å². The first-order valence-electron chi connectivity index (χ1n) is 20.7. The molecule has 0 saturated carbocycles. The fraction of sp³-hybridized carbons (Fsp3) is 0.0175. The van der Waals surface area contributed by atoms with Crippen molar-refractivity contribution in [3.8, 4) is 85.1 Å². The molecule has 9 aromatic carbocycles. The van der Waals surface area contributed by atoms with Gasteiger partial charge in [0, 0.05) is 33.4 Å². The first kappa shape index (κ1) is 35.5. The number of rotatable bonds is 5. The Morgan fingerprint density at radius 3 is 1.56 bits per heavy atom. The summed E-state index contributed by atoms with van der Waals surface area (Å²) in [5.41, 5.74) is 14.0. The molecule has 1 unspecified atom stereocenters. The summed E-state index contributed by atoms with van der Waals surface area (Å²) in [4.78, 5) is 14.9. The maximum atomic E-state index is 9.59. The molecule has 5 heteroatoms. The predicted octanol–water partition coefficient (Wildman–Crippen LogP) is 13.7. The average Bonchev–Trinajstić information content (AvgIpc) is 3.64. The fourth-order valence-electron chi connectivity index (χ4n) is 9.70. The van der Waals surface area contributed by atoms with Crippen LogP contribution in [0.2, 0.25) is 0 Å². The number of aromatic nitrogens is 3. The van der Waals surface area contributed by atoms with Gasteiger partial charge in [-0.2, -0.15) is 5.26 Å². The first-order valence-corrected chi connectivity index (χ1v) is 20.7. The molecule has 1 atom stereocenters. The number of hydrogen-bond acceptors (Lipinski definition) is 5. The Kier molecular flexibility index (Phi) is 8.06. The summed E-state index contributed by atoms with van der Waals surface area (Å²) in [6, 6.07) is 73.9. The van der Waals surface area contributed by atoms with Crippen molar-refractivity contribution in [2.75, 3.05) is 0 Å². The molecule has 0 N–H and O–H groups in total. The Morgan fingerprint density at radius 2 is 0.887 bits per heavy atom. The molecule has 1 spiro atoms. The van der Waals surface area contributed by atoms with Crippen molar-refractivity contribution in [3.63, 3.8) is 0 Å². The zero-order valence-corrected chi connectivity index (χ0v) is 33.3. The number of ether oxygens (including phenoxy) is 1. The van der Waals surface area contributed by atoms with Crippen molar-refractivity contribution in [2.45, 2.75) is 5.41 Å². The molecule has 0 radical (unpaired) electrons. The predicted molar refractivity (Wildman–Crippen MR) is 247 cm³/mol. The third-order valence-electron chi connectivity index (χ3n) is 12.4. The van der Waals surface area contributed by atoms with Gasteiger partial charge in [-0.1, -0.05) is 182 Å². The lowest BCUT2D eigenvalue weighted by Crippen LogP contribution is -2.32. The van der Waals surface area contributed by atoms with E-state index < -0.39 is 5.41 Å². The van der Waals surface area contributed by atoms with E-state index in [2.05, 4.69) is 127 Å². The largest absolute Gasteiger partial charge is 0.456 e. The lowest BCUT2D eigenvalue weighted by atomic mass is 9.65. The zero-order chi connectivity index (χ0) is 41.2. The molecule has 1 aliphatic heterocycles. The quantitative estimate of drug-likeness (QED) is 0.174. The number of para-hydroxylation sites is 2. The van der Waals surface area contributed by atoms with Crippen LogP contribution >= 0.6 is 0 Å². The molecule has 0 saturated heterocycles. The Labute approximate surface area is 358 Å². The molecule has 0 fully saturated rings. The Morgan fingerprint density at radius 1 is 0.387 bits per heavy atom. The molecular weight excluding hydrogens is 757 g/mol. The fourth-order valence-corrected chi connectivity index (χ4v) is 9.70. The van der Waals surface area contributed by atoms with E-state index in [0.717, 1.165) is 61.6 Å². The van der Waals surface area contributed by atoms with E-state index in [-0.39, 0.29) is 0 Å². The number of benzene rings is 9. The lowest BCUT2D eigenvalue weighted by molar-refractivity contribution is 0.438. The lowest BCUT2D eigenvalue weighted by Gasteiger charge is -2.40. The van der Waals surface area contributed by atoms with E-state index in [1.54, 1.807) is 0 Å². The SMILES string of the molecule is N#Cc1ccc(-c2cccc3c2Oc2ccccc2C32c3ccccc3-c3c2cc(-c2ccc(-c4nc(-c5ccccc5)nc(-c5ccccc5)n4)cc2)c2ccccc32)cc1. The van der Waals surface area contributed by atoms with Crippen LogP contribution in [0.15, 0.2) is 206 Å². The molecule has 0 amide bonds. The molecule has 2 heterocycles. The van der Waals surface area contributed by atoms with Gasteiger partial charge >= 0.3 is 0 Å². The van der Waals surface area contributed by atoms with Crippen molar-refractivity contribution >= 4 is 10.8 Å². The van der Waals surface area contributed by atoms with Gasteiger partial charge in [0.15, 0.2) is 17.5 Å². The van der Waals surface area contributed by atoms with Crippen molar-refractivity contribution in [3.05, 3.63) is 234 Å². The summed E-state index contributed by atoms with van der Waals surface area (Å²) < 4.78 is 6.99. The second-order valence-electron chi connectivity index (χ2n) is 15.8. The van der Waals surface area contributed by atoms with Crippen LogP contribution in [0.5, 0.6) is 11.5 Å². The van der Waals surface area contributed by atoms with Crippen LogP contribution in [0.1, 0.15) is 27.8 Å². The summed E-state index contributed by atoms with van der Waals surface area (Å²) in [6.45, 7) is 0. The van der Waals surface area contributed by atoms with Gasteiger partial charge in [-0.3, -0.25) is 0 Å². The summed E-state index contributed by atoms with van der Waals surface area (Å²) in [5.74, 6) is 3.52. The van der Waals surface area contributed by atoms with Crippen LogP contribution in [-0.4, -0.2) is 15.0 Å². The summed E-state index contributed by atoms with van der Waals surface area (Å²) in [7, 11) is 0. The maximum Gasteiger partial charge on any atom is 0.164 e. The van der Waals surface area contributed by atoms with E-state index in [9.17, 15) is 5.26 Å². The van der Waals surface area contributed by atoms with Crippen molar-refractivity contribution in [1.82, 2.24) is 15.0 Å². The van der Waals surface area contributed by atoms with Gasteiger partial charge in [-0.05, 0) is 74.0 Å². The minimum absolute atomic E-state index is 0.617. The van der Waals surface area contributed by atoms with Crippen molar-refractivity contribution < 1.29 is 4.74 Å². The van der Waals surface area contributed by atoms with Crippen LogP contribution in [0.4, 0.5) is 0 Å². The highest BCUT2D eigenvalue weighted by Gasteiger charge is 2.52. The van der Waals surface area contributed by atoms with Crippen LogP contribution in [0.25, 0.3) is 78.3 Å². The summed E-state index contributed by atoms with van der Waals surface area (Å²) >= 11 is 0. The van der Waals surface area contributed by atoms with Gasteiger partial charge < -0.3 is 4.74 Å². The van der Waals surface area contributed by atoms with Crippen LogP contribution in [0, 0.1) is 11.3 Å². The smallest absolute Gasteiger partial charge is 0.164 e. The highest BCUT2D eigenvalue weighted by molar-refractivity contribution is 6.10. The van der Waals surface area contributed by atoms with Crippen LogP contribution in [0.3, 0.4) is 0 Å². The maximum absolute atomic E-state index is 9.59. The first-order chi connectivity index (χ1) is 30.7. The molecule has 12 rings (SSSR count). The molecule has 2 aliphatic rings. The van der Waals surface area contributed by atoms with E-state index >= 15 is 0 Å². The van der Waals surface area contributed by atoms with Gasteiger partial charge in [0.05, 0.1) is 17.0 Å². The van der Waals surface area contributed by atoms with Gasteiger partial charge in [0.1, 0.15) is 11.5 Å². The monoisotopic (exact) mass is 790 g/mol. The number of nitrogens with zero attached hydrogens (tertiary/aromatic N) is 4. The third-order valence-corrected chi connectivity index (χ3v) is 12.4. The highest BCUT2D eigenvalue weighted by atomic mass is 16.5. The molecule has 10 aromatic rings. The molecular formula is C57H34N4O. The van der Waals surface area contributed by atoms with Crippen molar-refractivity contribution in [1.29, 1.82) is 5.26 Å². The number of fused-ring (bicyclic) bond motifs is 11. The van der Waals surface area contributed by atoms with E-state index in [4.69, 9.17) is 19.7 Å².